The molecule has 3 heterocycles. The van der Waals surface area contributed by atoms with Crippen molar-refractivity contribution in [2.24, 2.45) is 0 Å². The molecule has 0 aromatic carbocycles. The van der Waals surface area contributed by atoms with Gasteiger partial charge < -0.3 is 18.2 Å². The van der Waals surface area contributed by atoms with E-state index in [9.17, 15) is 4.79 Å². The third-order valence-electron chi connectivity index (χ3n) is 2.86. The lowest BCUT2D eigenvalue weighted by molar-refractivity contribution is -0.127. The van der Waals surface area contributed by atoms with E-state index < -0.39 is 0 Å². The minimum atomic E-state index is -0.0563. The molecule has 3 aromatic rings. The summed E-state index contributed by atoms with van der Waals surface area (Å²) in [4.78, 5) is 13.6. The molecule has 0 bridgehead atoms. The van der Waals surface area contributed by atoms with E-state index in [1.165, 1.54) is 18.0 Å². The molecule has 0 unspecified atom stereocenters. The summed E-state index contributed by atoms with van der Waals surface area (Å²) in [5.74, 6) is 1.68. The normalized spacial score (nSPS) is 10.8. The van der Waals surface area contributed by atoms with Crippen LogP contribution in [0.5, 0.6) is 0 Å². The van der Waals surface area contributed by atoms with Crippen LogP contribution in [-0.2, 0) is 11.3 Å². The SMILES string of the molecule is CN(Cc1ccco1)C(=O)CSc1nnc(-c2ccco2)o1. The summed E-state index contributed by atoms with van der Waals surface area (Å²) in [6.45, 7) is 0.424. The molecule has 0 aliphatic carbocycles. The van der Waals surface area contributed by atoms with Gasteiger partial charge in [0.25, 0.3) is 11.1 Å². The Morgan fingerprint density at radius 1 is 1.23 bits per heavy atom. The van der Waals surface area contributed by atoms with Gasteiger partial charge in [0, 0.05) is 7.05 Å². The Morgan fingerprint density at radius 2 is 2.05 bits per heavy atom. The van der Waals surface area contributed by atoms with Crippen molar-refractivity contribution in [2.45, 2.75) is 11.8 Å². The number of hydrogen-bond donors (Lipinski definition) is 0. The Kier molecular flexibility index (Phi) is 4.29. The fourth-order valence-corrected chi connectivity index (χ4v) is 2.43. The molecule has 0 aliphatic heterocycles. The van der Waals surface area contributed by atoms with E-state index >= 15 is 0 Å². The van der Waals surface area contributed by atoms with Crippen molar-refractivity contribution in [1.82, 2.24) is 15.1 Å². The van der Waals surface area contributed by atoms with Gasteiger partial charge in [-0.2, -0.15) is 0 Å². The third kappa shape index (κ3) is 3.40. The quantitative estimate of drug-likeness (QED) is 0.646. The molecular formula is C14H13N3O4S. The first-order valence-corrected chi connectivity index (χ1v) is 7.47. The van der Waals surface area contributed by atoms with E-state index in [2.05, 4.69) is 10.2 Å². The molecule has 3 aromatic heterocycles. The van der Waals surface area contributed by atoms with Gasteiger partial charge in [-0.3, -0.25) is 4.79 Å². The largest absolute Gasteiger partial charge is 0.467 e. The van der Waals surface area contributed by atoms with E-state index in [0.717, 1.165) is 5.76 Å². The van der Waals surface area contributed by atoms with E-state index in [-0.39, 0.29) is 11.7 Å². The molecule has 0 N–H and O–H groups in total. The van der Waals surface area contributed by atoms with Crippen LogP contribution in [-0.4, -0.2) is 33.8 Å². The molecule has 3 rings (SSSR count). The minimum Gasteiger partial charge on any atom is -0.467 e. The molecule has 22 heavy (non-hydrogen) atoms. The molecule has 114 valence electrons. The fourth-order valence-electron chi connectivity index (χ4n) is 1.73. The van der Waals surface area contributed by atoms with Crippen molar-refractivity contribution in [1.29, 1.82) is 0 Å². The fraction of sp³-hybridized carbons (Fsp3) is 0.214. The summed E-state index contributed by atoms with van der Waals surface area (Å²) < 4.78 is 15.8. The van der Waals surface area contributed by atoms with Crippen LogP contribution >= 0.6 is 11.8 Å². The molecule has 0 atom stereocenters. The lowest BCUT2D eigenvalue weighted by Gasteiger charge is -2.14. The molecule has 0 spiro atoms. The highest BCUT2D eigenvalue weighted by Gasteiger charge is 2.15. The summed E-state index contributed by atoms with van der Waals surface area (Å²) >= 11 is 1.18. The number of furan rings is 2. The first-order chi connectivity index (χ1) is 10.7. The summed E-state index contributed by atoms with van der Waals surface area (Å²) in [7, 11) is 1.72. The Labute approximate surface area is 130 Å². The highest BCUT2D eigenvalue weighted by atomic mass is 32.2. The monoisotopic (exact) mass is 319 g/mol. The molecule has 8 heteroatoms. The second-order valence-electron chi connectivity index (χ2n) is 4.47. The second-order valence-corrected chi connectivity index (χ2v) is 5.39. The van der Waals surface area contributed by atoms with Crippen LogP contribution < -0.4 is 0 Å². The van der Waals surface area contributed by atoms with E-state index in [1.54, 1.807) is 36.4 Å². The van der Waals surface area contributed by atoms with Gasteiger partial charge >= 0.3 is 0 Å². The summed E-state index contributed by atoms with van der Waals surface area (Å²) in [6, 6.07) is 7.07. The van der Waals surface area contributed by atoms with Crippen LogP contribution in [0.4, 0.5) is 0 Å². The van der Waals surface area contributed by atoms with Crippen molar-refractivity contribution >= 4 is 17.7 Å². The van der Waals surface area contributed by atoms with Crippen LogP contribution in [0.15, 0.2) is 55.3 Å². The van der Waals surface area contributed by atoms with Crippen LogP contribution in [0.25, 0.3) is 11.7 Å². The lowest BCUT2D eigenvalue weighted by Crippen LogP contribution is -2.27. The zero-order valence-electron chi connectivity index (χ0n) is 11.8. The van der Waals surface area contributed by atoms with Gasteiger partial charge in [-0.15, -0.1) is 10.2 Å². The molecule has 1 amide bonds. The number of carbonyl (C=O) groups is 1. The molecule has 0 radical (unpaired) electrons. The maximum atomic E-state index is 12.0. The highest BCUT2D eigenvalue weighted by Crippen LogP contribution is 2.23. The van der Waals surface area contributed by atoms with Gasteiger partial charge in [0.15, 0.2) is 5.76 Å². The van der Waals surface area contributed by atoms with Crippen molar-refractivity contribution < 1.29 is 18.0 Å². The van der Waals surface area contributed by atoms with Crippen LogP contribution in [0, 0.1) is 0 Å². The predicted molar refractivity (Wildman–Crippen MR) is 77.9 cm³/mol. The Balaban J connectivity index is 1.52. The molecule has 0 saturated carbocycles. The van der Waals surface area contributed by atoms with Crippen molar-refractivity contribution in [3.8, 4) is 11.7 Å². The predicted octanol–water partition coefficient (Wildman–Crippen LogP) is 2.67. The molecule has 0 saturated heterocycles. The first kappa shape index (κ1) is 14.5. The number of rotatable bonds is 6. The summed E-state index contributed by atoms with van der Waals surface area (Å²) in [6.07, 6.45) is 3.11. The standard InChI is InChI=1S/C14H13N3O4S/c1-17(8-10-4-2-6-19-10)12(18)9-22-14-16-15-13(21-14)11-5-3-7-20-11/h2-7H,8-9H2,1H3. The van der Waals surface area contributed by atoms with Gasteiger partial charge in [-0.1, -0.05) is 11.8 Å². The van der Waals surface area contributed by atoms with Crippen molar-refractivity contribution in [3.05, 3.63) is 42.6 Å². The zero-order chi connectivity index (χ0) is 15.4. The minimum absolute atomic E-state index is 0.0563. The number of aromatic nitrogens is 2. The van der Waals surface area contributed by atoms with Gasteiger partial charge in [0.2, 0.25) is 5.91 Å². The second kappa shape index (κ2) is 6.52. The van der Waals surface area contributed by atoms with Gasteiger partial charge in [-0.05, 0) is 24.3 Å². The molecule has 7 nitrogen and oxygen atoms in total. The number of hydrogen-bond acceptors (Lipinski definition) is 7. The molecular weight excluding hydrogens is 306 g/mol. The van der Waals surface area contributed by atoms with Crippen LogP contribution in [0.1, 0.15) is 5.76 Å². The van der Waals surface area contributed by atoms with E-state index in [4.69, 9.17) is 13.3 Å². The van der Waals surface area contributed by atoms with E-state index in [0.29, 0.717) is 23.4 Å². The Morgan fingerprint density at radius 3 is 2.77 bits per heavy atom. The van der Waals surface area contributed by atoms with Gasteiger partial charge in [0.05, 0.1) is 24.8 Å². The zero-order valence-corrected chi connectivity index (χ0v) is 12.6. The highest BCUT2D eigenvalue weighted by molar-refractivity contribution is 7.99. The van der Waals surface area contributed by atoms with Crippen molar-refractivity contribution in [3.63, 3.8) is 0 Å². The van der Waals surface area contributed by atoms with Crippen LogP contribution in [0.2, 0.25) is 0 Å². The van der Waals surface area contributed by atoms with Crippen molar-refractivity contribution in [2.75, 3.05) is 12.8 Å². The number of thioether (sulfide) groups is 1. The lowest BCUT2D eigenvalue weighted by atomic mass is 10.4. The smallest absolute Gasteiger partial charge is 0.284 e. The number of carbonyl (C=O) groups excluding carboxylic acids is 1. The third-order valence-corrected chi connectivity index (χ3v) is 3.66. The number of nitrogens with zero attached hydrogens (tertiary/aromatic N) is 3. The van der Waals surface area contributed by atoms with Gasteiger partial charge in [0.1, 0.15) is 5.76 Å². The summed E-state index contributed by atoms with van der Waals surface area (Å²) in [5, 5.41) is 8.07. The average Bonchev–Trinajstić information content (AvgIpc) is 3.25. The topological polar surface area (TPSA) is 85.5 Å². The molecule has 0 fully saturated rings. The number of amides is 1. The average molecular weight is 319 g/mol. The maximum Gasteiger partial charge on any atom is 0.284 e. The Bertz CT molecular complexity index is 721. The Hall–Kier alpha value is -2.48. The van der Waals surface area contributed by atoms with Gasteiger partial charge in [-0.25, -0.2) is 0 Å². The van der Waals surface area contributed by atoms with E-state index in [1.807, 2.05) is 6.07 Å². The summed E-state index contributed by atoms with van der Waals surface area (Å²) in [5.41, 5.74) is 0. The molecule has 0 aliphatic rings. The first-order valence-electron chi connectivity index (χ1n) is 6.49. The van der Waals surface area contributed by atoms with Crippen LogP contribution in [0.3, 0.4) is 0 Å². The maximum absolute atomic E-state index is 12.0.